The lowest BCUT2D eigenvalue weighted by Crippen LogP contribution is -2.37. The Morgan fingerprint density at radius 3 is 2.52 bits per heavy atom. The summed E-state index contributed by atoms with van der Waals surface area (Å²) in [6, 6.07) is 9.87. The molecule has 2 N–H and O–H groups in total. The van der Waals surface area contributed by atoms with Gasteiger partial charge in [-0.3, -0.25) is 9.59 Å². The number of aryl methyl sites for hydroxylation is 3. The first-order valence-electron chi connectivity index (χ1n) is 10.2. The van der Waals surface area contributed by atoms with Crippen LogP contribution in [0.25, 0.3) is 0 Å². The number of benzene rings is 1. The van der Waals surface area contributed by atoms with Crippen LogP contribution < -0.4 is 10.6 Å². The number of hydrogen-bond donors (Lipinski definition) is 2. The largest absolute Gasteiger partial charge is 0.353 e. The highest BCUT2D eigenvalue weighted by atomic mass is 32.2. The van der Waals surface area contributed by atoms with E-state index < -0.39 is 0 Å². The Bertz CT molecular complexity index is 892. The molecule has 0 atom stereocenters. The molecule has 0 unspecified atom stereocenters. The summed E-state index contributed by atoms with van der Waals surface area (Å²) in [4.78, 5) is 30.0. The van der Waals surface area contributed by atoms with Gasteiger partial charge in [-0.05, 0) is 56.9 Å². The van der Waals surface area contributed by atoms with Gasteiger partial charge in [0.2, 0.25) is 5.91 Å². The van der Waals surface area contributed by atoms with E-state index in [1.807, 2.05) is 51.1 Å². The Morgan fingerprint density at radius 1 is 1.07 bits per heavy atom. The highest BCUT2D eigenvalue weighted by Gasteiger charge is 2.20. The number of anilines is 1. The lowest BCUT2D eigenvalue weighted by atomic mass is 9.95. The van der Waals surface area contributed by atoms with E-state index in [0.29, 0.717) is 10.6 Å². The van der Waals surface area contributed by atoms with Crippen molar-refractivity contribution in [2.24, 2.45) is 0 Å². The molecule has 1 aromatic carbocycles. The molecule has 1 saturated carbocycles. The van der Waals surface area contributed by atoms with E-state index in [1.54, 1.807) is 0 Å². The number of nitrogens with zero attached hydrogens (tertiary/aromatic N) is 1. The fourth-order valence-electron chi connectivity index (χ4n) is 3.73. The minimum Gasteiger partial charge on any atom is -0.353 e. The number of nitrogens with one attached hydrogen (secondary N) is 2. The molecule has 1 aromatic heterocycles. The summed E-state index contributed by atoms with van der Waals surface area (Å²) < 4.78 is 0. The van der Waals surface area contributed by atoms with E-state index in [4.69, 9.17) is 0 Å². The normalized spacial score (nSPS) is 14.4. The van der Waals surface area contributed by atoms with E-state index in [2.05, 4.69) is 15.6 Å². The molecule has 0 spiro atoms. The van der Waals surface area contributed by atoms with Crippen molar-refractivity contribution in [3.05, 3.63) is 52.7 Å². The lowest BCUT2D eigenvalue weighted by molar-refractivity contribution is -0.119. The first kappa shape index (κ1) is 21.4. The van der Waals surface area contributed by atoms with Crippen molar-refractivity contribution in [3.63, 3.8) is 0 Å². The third-order valence-electron chi connectivity index (χ3n) is 5.24. The van der Waals surface area contributed by atoms with Gasteiger partial charge in [-0.2, -0.15) is 0 Å². The predicted molar refractivity (Wildman–Crippen MR) is 119 cm³/mol. The number of rotatable bonds is 6. The van der Waals surface area contributed by atoms with Gasteiger partial charge in [-0.1, -0.05) is 49.2 Å². The second-order valence-electron chi connectivity index (χ2n) is 7.72. The van der Waals surface area contributed by atoms with E-state index in [0.717, 1.165) is 35.3 Å². The van der Waals surface area contributed by atoms with Gasteiger partial charge in [-0.15, -0.1) is 0 Å². The number of para-hydroxylation sites is 1. The van der Waals surface area contributed by atoms with E-state index in [9.17, 15) is 9.59 Å². The molecule has 2 amide bonds. The average molecular weight is 412 g/mol. The molecule has 6 heteroatoms. The van der Waals surface area contributed by atoms with Gasteiger partial charge in [-0.25, -0.2) is 4.98 Å². The zero-order valence-corrected chi connectivity index (χ0v) is 18.2. The number of amides is 2. The molecule has 1 aliphatic carbocycles. The summed E-state index contributed by atoms with van der Waals surface area (Å²) >= 11 is 1.33. The van der Waals surface area contributed by atoms with Crippen molar-refractivity contribution in [2.45, 2.75) is 63.9 Å². The molecule has 0 saturated heterocycles. The zero-order chi connectivity index (χ0) is 20.8. The van der Waals surface area contributed by atoms with Crippen LogP contribution in [0.5, 0.6) is 0 Å². The highest BCUT2D eigenvalue weighted by Crippen LogP contribution is 2.26. The summed E-state index contributed by atoms with van der Waals surface area (Å²) in [5, 5.41) is 6.72. The van der Waals surface area contributed by atoms with Crippen LogP contribution in [-0.2, 0) is 4.79 Å². The van der Waals surface area contributed by atoms with Gasteiger partial charge in [0.15, 0.2) is 0 Å². The van der Waals surface area contributed by atoms with Crippen molar-refractivity contribution in [2.75, 3.05) is 11.1 Å². The fourth-order valence-corrected chi connectivity index (χ4v) is 4.69. The van der Waals surface area contributed by atoms with Crippen LogP contribution in [0.2, 0.25) is 0 Å². The summed E-state index contributed by atoms with van der Waals surface area (Å²) in [5.74, 6) is 0.0736. The first-order valence-corrected chi connectivity index (χ1v) is 11.2. The molecule has 2 aromatic rings. The molecule has 154 valence electrons. The summed E-state index contributed by atoms with van der Waals surface area (Å²) in [7, 11) is 0. The summed E-state index contributed by atoms with van der Waals surface area (Å²) in [6.45, 7) is 5.77. The van der Waals surface area contributed by atoms with E-state index >= 15 is 0 Å². The second-order valence-corrected chi connectivity index (χ2v) is 8.68. The Balaban J connectivity index is 1.72. The molecule has 1 fully saturated rings. The molecular formula is C23H29N3O2S. The molecule has 0 bridgehead atoms. The van der Waals surface area contributed by atoms with Crippen molar-refractivity contribution in [1.82, 2.24) is 10.3 Å². The number of hydrogen-bond acceptors (Lipinski definition) is 4. The highest BCUT2D eigenvalue weighted by molar-refractivity contribution is 8.00. The smallest absolute Gasteiger partial charge is 0.258 e. The molecule has 0 aliphatic heterocycles. The van der Waals surface area contributed by atoms with Crippen LogP contribution >= 0.6 is 11.8 Å². The van der Waals surface area contributed by atoms with Crippen molar-refractivity contribution >= 4 is 29.3 Å². The third-order valence-corrected chi connectivity index (χ3v) is 6.22. The summed E-state index contributed by atoms with van der Waals surface area (Å²) in [6.07, 6.45) is 5.73. The number of carbonyl (C=O) groups is 2. The number of thioether (sulfide) groups is 1. The van der Waals surface area contributed by atoms with Gasteiger partial charge >= 0.3 is 0 Å². The van der Waals surface area contributed by atoms with Gasteiger partial charge in [0.25, 0.3) is 5.91 Å². The van der Waals surface area contributed by atoms with Gasteiger partial charge in [0, 0.05) is 17.4 Å². The quantitative estimate of drug-likeness (QED) is 0.670. The number of pyridine rings is 1. The molecule has 0 radical (unpaired) electrons. The Morgan fingerprint density at radius 2 is 1.79 bits per heavy atom. The predicted octanol–water partition coefficient (Wildman–Crippen LogP) is 4.80. The van der Waals surface area contributed by atoms with Crippen LogP contribution in [0, 0.1) is 20.8 Å². The number of carbonyl (C=O) groups excluding carboxylic acids is 2. The Hall–Kier alpha value is -2.34. The van der Waals surface area contributed by atoms with Gasteiger partial charge in [0.1, 0.15) is 5.03 Å². The zero-order valence-electron chi connectivity index (χ0n) is 17.4. The monoisotopic (exact) mass is 411 g/mol. The van der Waals surface area contributed by atoms with Crippen molar-refractivity contribution < 1.29 is 9.59 Å². The fraction of sp³-hybridized carbons (Fsp3) is 0.435. The maximum absolute atomic E-state index is 13.0. The van der Waals surface area contributed by atoms with Crippen LogP contribution in [0.3, 0.4) is 0 Å². The van der Waals surface area contributed by atoms with Crippen LogP contribution in [0.1, 0.15) is 59.3 Å². The SMILES string of the molecule is Cc1cc(C)c(C(=O)Nc2ccccc2C)c(SCC(=O)NC2CCCCC2)n1. The van der Waals surface area contributed by atoms with Gasteiger partial charge in [0.05, 0.1) is 11.3 Å². The van der Waals surface area contributed by atoms with E-state index in [1.165, 1.54) is 31.0 Å². The molecule has 1 heterocycles. The summed E-state index contributed by atoms with van der Waals surface area (Å²) in [5.41, 5.74) is 4.02. The standard InChI is InChI=1S/C23H29N3O2S/c1-15-9-7-8-12-19(15)26-22(28)21-16(2)13-17(3)24-23(21)29-14-20(27)25-18-10-5-4-6-11-18/h7-9,12-13,18H,4-6,10-11,14H2,1-3H3,(H,25,27)(H,26,28). The van der Waals surface area contributed by atoms with E-state index in [-0.39, 0.29) is 23.6 Å². The van der Waals surface area contributed by atoms with Crippen LogP contribution in [0.15, 0.2) is 35.4 Å². The maximum Gasteiger partial charge on any atom is 0.258 e. The van der Waals surface area contributed by atoms with Crippen molar-refractivity contribution in [1.29, 1.82) is 0 Å². The lowest BCUT2D eigenvalue weighted by Gasteiger charge is -2.22. The topological polar surface area (TPSA) is 71.1 Å². The second kappa shape index (κ2) is 9.92. The maximum atomic E-state index is 13.0. The molecule has 5 nitrogen and oxygen atoms in total. The van der Waals surface area contributed by atoms with Crippen LogP contribution in [0.4, 0.5) is 5.69 Å². The minimum atomic E-state index is -0.195. The minimum absolute atomic E-state index is 0.00752. The molecule has 1 aliphatic rings. The first-order chi connectivity index (χ1) is 13.9. The van der Waals surface area contributed by atoms with Gasteiger partial charge < -0.3 is 10.6 Å². The van der Waals surface area contributed by atoms with Crippen molar-refractivity contribution in [3.8, 4) is 0 Å². The Labute approximate surface area is 177 Å². The molecule has 29 heavy (non-hydrogen) atoms. The third kappa shape index (κ3) is 5.82. The Kier molecular flexibility index (Phi) is 7.31. The van der Waals surface area contributed by atoms with Crippen LogP contribution in [-0.4, -0.2) is 28.6 Å². The average Bonchev–Trinajstić information content (AvgIpc) is 2.68. The molecule has 3 rings (SSSR count). The number of aromatic nitrogens is 1. The molecular weight excluding hydrogens is 382 g/mol.